The Morgan fingerprint density at radius 2 is 1.28 bits per heavy atom. The van der Waals surface area contributed by atoms with Crippen LogP contribution in [0.5, 0.6) is 5.75 Å². The van der Waals surface area contributed by atoms with Crippen molar-refractivity contribution in [2.45, 2.75) is 26.2 Å². The van der Waals surface area contributed by atoms with Crippen molar-refractivity contribution < 1.29 is 9.90 Å². The molecule has 3 aromatic carbocycles. The number of hydrogen-bond acceptors (Lipinski definition) is 2. The van der Waals surface area contributed by atoms with Crippen LogP contribution in [-0.2, 0) is 0 Å². The fraction of sp³-hybridized carbons (Fsp3) is 0.174. The number of rotatable bonds is 5. The van der Waals surface area contributed by atoms with E-state index in [1.165, 1.54) is 0 Å². The van der Waals surface area contributed by atoms with Gasteiger partial charge in [-0.1, -0.05) is 60.7 Å². The molecule has 2 heteroatoms. The minimum Gasteiger partial charge on any atom is -0.507 e. The van der Waals surface area contributed by atoms with Crippen molar-refractivity contribution in [3.63, 3.8) is 0 Å². The zero-order valence-electron chi connectivity index (χ0n) is 14.6. The van der Waals surface area contributed by atoms with Crippen molar-refractivity contribution in [2.75, 3.05) is 0 Å². The highest BCUT2D eigenvalue weighted by Crippen LogP contribution is 2.30. The second kappa shape index (κ2) is 7.35. The van der Waals surface area contributed by atoms with Crippen molar-refractivity contribution in [3.8, 4) is 5.75 Å². The lowest BCUT2D eigenvalue weighted by atomic mass is 9.85. The molecule has 0 atom stereocenters. The number of carbonyl (C=O) groups is 1. The van der Waals surface area contributed by atoms with Crippen LogP contribution < -0.4 is 0 Å². The molecule has 0 saturated carbocycles. The lowest BCUT2D eigenvalue weighted by Crippen LogP contribution is -2.09. The number of benzene rings is 3. The number of hydrogen-bond donors (Lipinski definition) is 1. The standard InChI is InChI=1S/C23H22O2/c1-16-13-20(14-17(2)23(16)25)22(24)15-21(18-9-5-3-6-10-18)19-11-7-4-8-12-19/h3-14,21,25H,15H2,1-2H3. The van der Waals surface area contributed by atoms with Gasteiger partial charge in [0.15, 0.2) is 5.78 Å². The Kier molecular flexibility index (Phi) is 4.99. The predicted octanol–water partition coefficient (Wildman–Crippen LogP) is 5.41. The molecule has 0 spiro atoms. The first-order valence-electron chi connectivity index (χ1n) is 8.49. The number of phenolic OH excluding ortho intramolecular Hbond substituents is 1. The Balaban J connectivity index is 1.94. The molecule has 0 heterocycles. The first-order valence-corrected chi connectivity index (χ1v) is 8.49. The van der Waals surface area contributed by atoms with E-state index in [-0.39, 0.29) is 17.5 Å². The second-order valence-electron chi connectivity index (χ2n) is 6.46. The van der Waals surface area contributed by atoms with Gasteiger partial charge < -0.3 is 5.11 Å². The molecule has 1 N–H and O–H groups in total. The molecule has 0 aliphatic rings. The van der Waals surface area contributed by atoms with Gasteiger partial charge in [0.2, 0.25) is 0 Å². The van der Waals surface area contributed by atoms with E-state index in [2.05, 4.69) is 24.3 Å². The Hall–Kier alpha value is -2.87. The molecule has 126 valence electrons. The van der Waals surface area contributed by atoms with Crippen LogP contribution in [0.3, 0.4) is 0 Å². The first kappa shape index (κ1) is 17.0. The van der Waals surface area contributed by atoms with Crippen molar-refractivity contribution in [1.82, 2.24) is 0 Å². The summed E-state index contributed by atoms with van der Waals surface area (Å²) in [6, 6.07) is 23.8. The number of carbonyl (C=O) groups excluding carboxylic acids is 1. The van der Waals surface area contributed by atoms with Gasteiger partial charge in [0.25, 0.3) is 0 Å². The zero-order valence-corrected chi connectivity index (χ0v) is 14.6. The third-order valence-electron chi connectivity index (χ3n) is 4.61. The smallest absolute Gasteiger partial charge is 0.163 e. The van der Waals surface area contributed by atoms with E-state index >= 15 is 0 Å². The number of aryl methyl sites for hydroxylation is 2. The zero-order chi connectivity index (χ0) is 17.8. The molecule has 25 heavy (non-hydrogen) atoms. The number of phenols is 1. The Bertz CT molecular complexity index is 805. The van der Waals surface area contributed by atoms with Gasteiger partial charge in [-0.3, -0.25) is 4.79 Å². The molecule has 0 aromatic heterocycles. The van der Waals surface area contributed by atoms with Gasteiger partial charge in [-0.2, -0.15) is 0 Å². The summed E-state index contributed by atoms with van der Waals surface area (Å²) in [6.45, 7) is 3.65. The molecule has 0 fully saturated rings. The fourth-order valence-corrected chi connectivity index (χ4v) is 3.22. The summed E-state index contributed by atoms with van der Waals surface area (Å²) in [5, 5.41) is 9.94. The summed E-state index contributed by atoms with van der Waals surface area (Å²) in [5.41, 5.74) is 4.40. The summed E-state index contributed by atoms with van der Waals surface area (Å²) < 4.78 is 0. The fourth-order valence-electron chi connectivity index (χ4n) is 3.22. The van der Waals surface area contributed by atoms with Gasteiger partial charge in [0.1, 0.15) is 5.75 Å². The second-order valence-corrected chi connectivity index (χ2v) is 6.46. The molecule has 3 aromatic rings. The third kappa shape index (κ3) is 3.80. The topological polar surface area (TPSA) is 37.3 Å². The monoisotopic (exact) mass is 330 g/mol. The van der Waals surface area contributed by atoms with Crippen molar-refractivity contribution in [3.05, 3.63) is 101 Å². The molecular formula is C23H22O2. The van der Waals surface area contributed by atoms with Gasteiger partial charge in [-0.05, 0) is 48.2 Å². The molecule has 0 unspecified atom stereocenters. The van der Waals surface area contributed by atoms with Crippen LogP contribution in [0.1, 0.15) is 45.0 Å². The van der Waals surface area contributed by atoms with E-state index in [1.807, 2.05) is 50.2 Å². The summed E-state index contributed by atoms with van der Waals surface area (Å²) >= 11 is 0. The Morgan fingerprint density at radius 3 is 1.72 bits per heavy atom. The van der Waals surface area contributed by atoms with Gasteiger partial charge in [0, 0.05) is 17.9 Å². The molecule has 0 aliphatic heterocycles. The van der Waals surface area contributed by atoms with Crippen LogP contribution in [0, 0.1) is 13.8 Å². The highest BCUT2D eigenvalue weighted by Gasteiger charge is 2.20. The van der Waals surface area contributed by atoms with Gasteiger partial charge in [-0.25, -0.2) is 0 Å². The van der Waals surface area contributed by atoms with E-state index in [0.717, 1.165) is 22.3 Å². The number of aromatic hydroxyl groups is 1. The maximum atomic E-state index is 12.9. The van der Waals surface area contributed by atoms with Crippen LogP contribution >= 0.6 is 0 Å². The lowest BCUT2D eigenvalue weighted by molar-refractivity contribution is 0.0977. The third-order valence-corrected chi connectivity index (χ3v) is 4.61. The minimum atomic E-state index is 0.0179. The highest BCUT2D eigenvalue weighted by molar-refractivity contribution is 5.97. The quantitative estimate of drug-likeness (QED) is 0.635. The van der Waals surface area contributed by atoms with Crippen LogP contribution in [0.4, 0.5) is 0 Å². The van der Waals surface area contributed by atoms with E-state index in [1.54, 1.807) is 12.1 Å². The predicted molar refractivity (Wildman–Crippen MR) is 101 cm³/mol. The Labute approximate surface area is 148 Å². The van der Waals surface area contributed by atoms with Crippen molar-refractivity contribution in [1.29, 1.82) is 0 Å². The minimum absolute atomic E-state index is 0.0179. The summed E-state index contributed by atoms with van der Waals surface area (Å²) in [5.74, 6) is 0.368. The van der Waals surface area contributed by atoms with Gasteiger partial charge >= 0.3 is 0 Å². The maximum Gasteiger partial charge on any atom is 0.163 e. The van der Waals surface area contributed by atoms with E-state index in [0.29, 0.717) is 12.0 Å². The van der Waals surface area contributed by atoms with Crippen LogP contribution in [0.2, 0.25) is 0 Å². The summed E-state index contributed by atoms with van der Waals surface area (Å²) in [6.07, 6.45) is 0.400. The van der Waals surface area contributed by atoms with Crippen LogP contribution in [-0.4, -0.2) is 10.9 Å². The van der Waals surface area contributed by atoms with Crippen molar-refractivity contribution in [2.24, 2.45) is 0 Å². The maximum absolute atomic E-state index is 12.9. The van der Waals surface area contributed by atoms with E-state index in [4.69, 9.17) is 0 Å². The van der Waals surface area contributed by atoms with Crippen LogP contribution in [0.25, 0.3) is 0 Å². The van der Waals surface area contributed by atoms with Crippen LogP contribution in [0.15, 0.2) is 72.8 Å². The molecule has 0 saturated heterocycles. The lowest BCUT2D eigenvalue weighted by Gasteiger charge is -2.18. The molecule has 3 rings (SSSR count). The van der Waals surface area contributed by atoms with E-state index in [9.17, 15) is 9.90 Å². The first-order chi connectivity index (χ1) is 12.1. The number of Topliss-reactive ketones (excluding diaryl/α,β-unsaturated/α-hetero) is 1. The largest absolute Gasteiger partial charge is 0.507 e. The molecular weight excluding hydrogens is 308 g/mol. The molecule has 0 amide bonds. The molecule has 2 nitrogen and oxygen atoms in total. The molecule has 0 aliphatic carbocycles. The van der Waals surface area contributed by atoms with E-state index < -0.39 is 0 Å². The normalized spacial score (nSPS) is 10.8. The summed E-state index contributed by atoms with van der Waals surface area (Å²) in [4.78, 5) is 12.9. The molecule has 0 bridgehead atoms. The summed E-state index contributed by atoms with van der Waals surface area (Å²) in [7, 11) is 0. The Morgan fingerprint density at radius 1 is 0.840 bits per heavy atom. The van der Waals surface area contributed by atoms with Gasteiger partial charge in [0.05, 0.1) is 0 Å². The molecule has 0 radical (unpaired) electrons. The van der Waals surface area contributed by atoms with Crippen molar-refractivity contribution >= 4 is 5.78 Å². The highest BCUT2D eigenvalue weighted by atomic mass is 16.3. The average molecular weight is 330 g/mol. The van der Waals surface area contributed by atoms with Gasteiger partial charge in [-0.15, -0.1) is 0 Å². The SMILES string of the molecule is Cc1cc(C(=O)CC(c2ccccc2)c2ccccc2)cc(C)c1O. The average Bonchev–Trinajstić information content (AvgIpc) is 2.65. The number of ketones is 1.